The number of hydrogen-bond donors (Lipinski definition) is 1. The fraction of sp³-hybridized carbons (Fsp3) is 0.278. The summed E-state index contributed by atoms with van der Waals surface area (Å²) >= 11 is 0. The van der Waals surface area contributed by atoms with Crippen LogP contribution in [0.3, 0.4) is 0 Å². The third kappa shape index (κ3) is 2.65. The fourth-order valence-electron chi connectivity index (χ4n) is 2.93. The normalized spacial score (nSPS) is 13.4. The molecule has 0 bridgehead atoms. The van der Waals surface area contributed by atoms with Gasteiger partial charge in [0.25, 0.3) is 0 Å². The molecular formula is C18H19N3O3. The van der Waals surface area contributed by atoms with Crippen LogP contribution in [0.1, 0.15) is 11.4 Å². The van der Waals surface area contributed by atoms with Gasteiger partial charge < -0.3 is 24.5 Å². The Morgan fingerprint density at radius 3 is 2.54 bits per heavy atom. The Bertz CT molecular complexity index is 871. The van der Waals surface area contributed by atoms with Crippen molar-refractivity contribution in [1.82, 2.24) is 9.55 Å². The summed E-state index contributed by atoms with van der Waals surface area (Å²) in [6.07, 6.45) is 0. The number of benzene rings is 2. The highest BCUT2D eigenvalue weighted by molar-refractivity contribution is 5.81. The molecule has 0 saturated carbocycles. The molecule has 2 heterocycles. The molecule has 2 N–H and O–H groups in total. The lowest BCUT2D eigenvalue weighted by Gasteiger charge is -2.18. The minimum absolute atomic E-state index is 0.441. The first-order valence-corrected chi connectivity index (χ1v) is 7.87. The van der Waals surface area contributed by atoms with Crippen molar-refractivity contribution in [3.8, 4) is 11.5 Å². The van der Waals surface area contributed by atoms with Crippen molar-refractivity contribution in [1.29, 1.82) is 0 Å². The lowest BCUT2D eigenvalue weighted by atomic mass is 10.2. The van der Waals surface area contributed by atoms with Gasteiger partial charge in [-0.05, 0) is 17.7 Å². The summed E-state index contributed by atoms with van der Waals surface area (Å²) < 4.78 is 18.8. The third-order valence-corrected chi connectivity index (χ3v) is 4.09. The molecule has 4 rings (SSSR count). The maximum absolute atomic E-state index is 5.77. The Kier molecular flexibility index (Phi) is 3.74. The molecule has 0 aliphatic carbocycles. The molecule has 0 radical (unpaired) electrons. The van der Waals surface area contributed by atoms with E-state index in [4.69, 9.17) is 24.9 Å². The number of anilines is 1. The summed E-state index contributed by atoms with van der Waals surface area (Å²) in [5, 5.41) is 0. The van der Waals surface area contributed by atoms with E-state index >= 15 is 0 Å². The van der Waals surface area contributed by atoms with Gasteiger partial charge in [-0.25, -0.2) is 4.98 Å². The van der Waals surface area contributed by atoms with Gasteiger partial charge in [0.1, 0.15) is 25.6 Å². The molecule has 0 unspecified atom stereocenters. The third-order valence-electron chi connectivity index (χ3n) is 4.09. The predicted octanol–water partition coefficient (Wildman–Crippen LogP) is 2.58. The zero-order chi connectivity index (χ0) is 16.5. The van der Waals surface area contributed by atoms with E-state index in [0.29, 0.717) is 26.4 Å². The van der Waals surface area contributed by atoms with E-state index in [9.17, 15) is 0 Å². The summed E-state index contributed by atoms with van der Waals surface area (Å²) in [6, 6.07) is 11.8. The number of nitrogens with two attached hydrogens (primary N) is 1. The quantitative estimate of drug-likeness (QED) is 0.747. The molecule has 24 heavy (non-hydrogen) atoms. The molecule has 1 aliphatic heterocycles. The van der Waals surface area contributed by atoms with Crippen molar-refractivity contribution >= 4 is 16.7 Å². The van der Waals surface area contributed by atoms with Crippen LogP contribution in [0.15, 0.2) is 36.4 Å². The minimum atomic E-state index is 0.441. The Labute approximate surface area is 139 Å². The number of imidazole rings is 1. The highest BCUT2D eigenvalue weighted by atomic mass is 16.6. The van der Waals surface area contributed by atoms with Crippen LogP contribution < -0.4 is 15.2 Å². The van der Waals surface area contributed by atoms with E-state index < -0.39 is 0 Å². The molecule has 3 aromatic rings. The van der Waals surface area contributed by atoms with Crippen LogP contribution in [0.25, 0.3) is 11.0 Å². The van der Waals surface area contributed by atoms with E-state index in [1.807, 2.05) is 36.4 Å². The van der Waals surface area contributed by atoms with Crippen molar-refractivity contribution in [3.05, 3.63) is 47.8 Å². The largest absolute Gasteiger partial charge is 0.486 e. The summed E-state index contributed by atoms with van der Waals surface area (Å²) in [4.78, 5) is 4.70. The summed E-state index contributed by atoms with van der Waals surface area (Å²) in [5.41, 5.74) is 9.56. The second kappa shape index (κ2) is 6.05. The van der Waals surface area contributed by atoms with Crippen LogP contribution in [0, 0.1) is 0 Å². The Morgan fingerprint density at radius 1 is 1.12 bits per heavy atom. The van der Waals surface area contributed by atoms with E-state index in [2.05, 4.69) is 4.57 Å². The smallest absolute Gasteiger partial charge is 0.163 e. The number of hydrogen-bond acceptors (Lipinski definition) is 5. The number of aromatic nitrogens is 2. The molecule has 0 fully saturated rings. The average molecular weight is 325 g/mol. The zero-order valence-corrected chi connectivity index (χ0v) is 13.5. The minimum Gasteiger partial charge on any atom is -0.486 e. The Morgan fingerprint density at radius 2 is 1.83 bits per heavy atom. The summed E-state index contributed by atoms with van der Waals surface area (Å²) in [6.45, 7) is 2.26. The maximum atomic E-state index is 5.77. The van der Waals surface area contributed by atoms with Crippen LogP contribution in [-0.2, 0) is 17.9 Å². The average Bonchev–Trinajstić information content (AvgIpc) is 2.92. The van der Waals surface area contributed by atoms with E-state index in [1.54, 1.807) is 7.11 Å². The second-order valence-corrected chi connectivity index (χ2v) is 5.77. The van der Waals surface area contributed by atoms with Crippen LogP contribution in [-0.4, -0.2) is 29.9 Å². The van der Waals surface area contributed by atoms with Crippen molar-refractivity contribution in [2.75, 3.05) is 26.1 Å². The molecule has 2 aromatic carbocycles. The van der Waals surface area contributed by atoms with Gasteiger partial charge in [-0.1, -0.05) is 12.1 Å². The van der Waals surface area contributed by atoms with Gasteiger partial charge in [-0.3, -0.25) is 0 Å². The fourth-order valence-corrected chi connectivity index (χ4v) is 2.93. The second-order valence-electron chi connectivity index (χ2n) is 5.77. The first-order chi connectivity index (χ1) is 11.7. The lowest BCUT2D eigenvalue weighted by Crippen LogP contribution is -2.15. The standard InChI is InChI=1S/C18H19N3O3/c1-22-11-18-20-14-8-16-17(24-7-6-23-16)9-15(14)21(18)10-12-2-4-13(19)5-3-12/h2-5,8-9H,6-7,10-11,19H2,1H3. The molecule has 0 spiro atoms. The molecule has 124 valence electrons. The molecule has 1 aliphatic rings. The number of rotatable bonds is 4. The monoisotopic (exact) mass is 325 g/mol. The van der Waals surface area contributed by atoms with Gasteiger partial charge >= 0.3 is 0 Å². The van der Waals surface area contributed by atoms with Crippen LogP contribution in [0.2, 0.25) is 0 Å². The van der Waals surface area contributed by atoms with Crippen LogP contribution in [0.4, 0.5) is 5.69 Å². The maximum Gasteiger partial charge on any atom is 0.163 e. The van der Waals surface area contributed by atoms with E-state index in [1.165, 1.54) is 0 Å². The van der Waals surface area contributed by atoms with Crippen LogP contribution >= 0.6 is 0 Å². The van der Waals surface area contributed by atoms with Gasteiger partial charge in [-0.15, -0.1) is 0 Å². The lowest BCUT2D eigenvalue weighted by molar-refractivity contribution is 0.172. The Balaban J connectivity index is 1.81. The van der Waals surface area contributed by atoms with Gasteiger partial charge in [0, 0.05) is 31.5 Å². The molecule has 0 saturated heterocycles. The SMILES string of the molecule is COCc1nc2cc3c(cc2n1Cc1ccc(N)cc1)OCCO3. The number of nitrogens with zero attached hydrogens (tertiary/aromatic N) is 2. The Hall–Kier alpha value is -2.73. The number of methoxy groups -OCH3 is 1. The van der Waals surface area contributed by atoms with Gasteiger partial charge in [0.2, 0.25) is 0 Å². The van der Waals surface area contributed by atoms with Crippen LogP contribution in [0.5, 0.6) is 11.5 Å². The zero-order valence-electron chi connectivity index (χ0n) is 13.5. The highest BCUT2D eigenvalue weighted by Gasteiger charge is 2.18. The molecule has 0 atom stereocenters. The van der Waals surface area contributed by atoms with Gasteiger partial charge in [0.05, 0.1) is 11.0 Å². The van der Waals surface area contributed by atoms with Gasteiger partial charge in [0.15, 0.2) is 11.5 Å². The van der Waals surface area contributed by atoms with E-state index in [0.717, 1.165) is 39.6 Å². The van der Waals surface area contributed by atoms with Gasteiger partial charge in [-0.2, -0.15) is 0 Å². The summed E-state index contributed by atoms with van der Waals surface area (Å²) in [7, 11) is 1.67. The number of fused-ring (bicyclic) bond motifs is 2. The predicted molar refractivity (Wildman–Crippen MR) is 91.4 cm³/mol. The van der Waals surface area contributed by atoms with E-state index in [-0.39, 0.29) is 0 Å². The molecule has 0 amide bonds. The topological polar surface area (TPSA) is 71.5 Å². The van der Waals surface area contributed by atoms with Crippen molar-refractivity contribution in [2.45, 2.75) is 13.2 Å². The molecule has 1 aromatic heterocycles. The molecule has 6 nitrogen and oxygen atoms in total. The molecule has 6 heteroatoms. The highest BCUT2D eigenvalue weighted by Crippen LogP contribution is 2.35. The van der Waals surface area contributed by atoms with Crippen molar-refractivity contribution in [3.63, 3.8) is 0 Å². The first-order valence-electron chi connectivity index (χ1n) is 7.87. The molecular weight excluding hydrogens is 306 g/mol. The number of ether oxygens (including phenoxy) is 3. The number of nitrogen functional groups attached to an aromatic ring is 1. The van der Waals surface area contributed by atoms with Crippen molar-refractivity contribution < 1.29 is 14.2 Å². The summed E-state index contributed by atoms with van der Waals surface area (Å²) in [5.74, 6) is 2.37. The van der Waals surface area contributed by atoms with Crippen molar-refractivity contribution in [2.24, 2.45) is 0 Å². The first kappa shape index (κ1) is 14.8.